The third-order valence-corrected chi connectivity index (χ3v) is 2.19. The zero-order chi connectivity index (χ0) is 10.4. The lowest BCUT2D eigenvalue weighted by Crippen LogP contribution is -2.17. The van der Waals surface area contributed by atoms with Crippen LogP contribution in [0.15, 0.2) is 0 Å². The normalized spacial score (nSPS) is 13.5. The minimum atomic E-state index is -2.53. The molecule has 0 aromatic carbocycles. The van der Waals surface area contributed by atoms with Gasteiger partial charge in [-0.05, 0) is 11.0 Å². The summed E-state index contributed by atoms with van der Waals surface area (Å²) >= 11 is 0. The van der Waals surface area contributed by atoms with Gasteiger partial charge in [-0.1, -0.05) is 0 Å². The van der Waals surface area contributed by atoms with E-state index in [0.717, 1.165) is 0 Å². The Morgan fingerprint density at radius 3 is 2.15 bits per heavy atom. The van der Waals surface area contributed by atoms with Gasteiger partial charge in [-0.2, -0.15) is 4.89 Å². The van der Waals surface area contributed by atoms with Crippen molar-refractivity contribution in [1.29, 1.82) is 0 Å². The van der Waals surface area contributed by atoms with Crippen LogP contribution in [0, 0.1) is 5.92 Å². The molecule has 0 rings (SSSR count). The second kappa shape index (κ2) is 5.61. The van der Waals surface area contributed by atoms with Crippen LogP contribution in [0.5, 0.6) is 0 Å². The van der Waals surface area contributed by atoms with Crippen LogP contribution in [-0.4, -0.2) is 33.2 Å². The number of carbonyl (C=O) groups is 2. The average molecular weight is 209 g/mol. The Labute approximate surface area is 75.1 Å². The van der Waals surface area contributed by atoms with E-state index in [9.17, 15) is 14.2 Å². The van der Waals surface area contributed by atoms with E-state index < -0.39 is 32.0 Å². The summed E-state index contributed by atoms with van der Waals surface area (Å²) < 4.78 is 10.3. The highest BCUT2D eigenvalue weighted by Crippen LogP contribution is 2.21. The largest absolute Gasteiger partial charge is 0.506 e. The molecule has 0 fully saturated rings. The van der Waals surface area contributed by atoms with Crippen molar-refractivity contribution in [2.24, 2.45) is 5.92 Å². The van der Waals surface area contributed by atoms with E-state index in [1.807, 2.05) is 0 Å². The number of hydrogen-bond acceptors (Lipinski definition) is 3. The lowest BCUT2D eigenvalue weighted by Gasteiger charge is -2.02. The van der Waals surface area contributed by atoms with Crippen molar-refractivity contribution in [3.63, 3.8) is 0 Å². The van der Waals surface area contributed by atoms with E-state index >= 15 is 0 Å². The first kappa shape index (κ1) is 12.0. The second-order valence-corrected chi connectivity index (χ2v) is 3.57. The van der Waals surface area contributed by atoms with Crippen LogP contribution in [0.2, 0.25) is 0 Å². The maximum Gasteiger partial charge on any atom is 0.506 e. The van der Waals surface area contributed by atoms with Gasteiger partial charge in [0.15, 0.2) is 6.16 Å². The molecule has 0 radical (unpaired) electrons. The summed E-state index contributed by atoms with van der Waals surface area (Å²) in [4.78, 5) is 28.9. The van der Waals surface area contributed by atoms with Crippen molar-refractivity contribution < 1.29 is 29.3 Å². The Hall–Kier alpha value is -1.00. The Bertz CT molecular complexity index is 225. The first-order chi connectivity index (χ1) is 5.93. The maximum atomic E-state index is 10.4. The summed E-state index contributed by atoms with van der Waals surface area (Å²) in [6.45, 7) is 0. The molecule has 2 unspecified atom stereocenters. The molecule has 0 aromatic heterocycles. The van der Waals surface area contributed by atoms with Crippen molar-refractivity contribution in [2.75, 3.05) is 6.16 Å². The van der Waals surface area contributed by atoms with Gasteiger partial charge in [-0.3, -0.25) is 9.59 Å². The molecular weight excluding hydrogens is 199 g/mol. The highest BCUT2D eigenvalue weighted by Gasteiger charge is 2.27. The van der Waals surface area contributed by atoms with E-state index in [1.165, 1.54) is 0 Å². The van der Waals surface area contributed by atoms with Gasteiger partial charge in [-0.15, -0.1) is 0 Å². The summed E-state index contributed by atoms with van der Waals surface area (Å²) in [6.07, 6.45) is -0.815. The minimum Gasteiger partial charge on any atom is -0.481 e. The van der Waals surface area contributed by atoms with E-state index in [4.69, 9.17) is 15.1 Å². The SMILES string of the molecule is O=C(O)CCC(C[P+](=O)O)C(=O)O. The van der Waals surface area contributed by atoms with Crippen molar-refractivity contribution in [2.45, 2.75) is 12.8 Å². The molecule has 0 aliphatic carbocycles. The summed E-state index contributed by atoms with van der Waals surface area (Å²) in [5, 5.41) is 16.8. The van der Waals surface area contributed by atoms with Crippen LogP contribution < -0.4 is 0 Å². The predicted octanol–water partition coefficient (Wildman–Crippen LogP) is 0.287. The molecule has 0 bridgehead atoms. The lowest BCUT2D eigenvalue weighted by atomic mass is 10.1. The quantitative estimate of drug-likeness (QED) is 0.542. The molecular formula is C6H10O6P+. The summed E-state index contributed by atoms with van der Waals surface area (Å²) in [5.74, 6) is -3.40. The van der Waals surface area contributed by atoms with Crippen LogP contribution in [0.1, 0.15) is 12.8 Å². The van der Waals surface area contributed by atoms with Gasteiger partial charge in [0.25, 0.3) is 0 Å². The Morgan fingerprint density at radius 1 is 1.31 bits per heavy atom. The number of carboxylic acid groups (broad SMARTS) is 2. The zero-order valence-corrected chi connectivity index (χ0v) is 7.61. The van der Waals surface area contributed by atoms with Gasteiger partial charge in [0.2, 0.25) is 0 Å². The topological polar surface area (TPSA) is 112 Å². The van der Waals surface area contributed by atoms with E-state index in [0.29, 0.717) is 0 Å². The fourth-order valence-corrected chi connectivity index (χ4v) is 1.49. The number of aliphatic carboxylic acids is 2. The fraction of sp³-hybridized carbons (Fsp3) is 0.667. The molecule has 0 amide bonds. The molecule has 7 heteroatoms. The Morgan fingerprint density at radius 2 is 1.85 bits per heavy atom. The van der Waals surface area contributed by atoms with Gasteiger partial charge < -0.3 is 10.2 Å². The monoisotopic (exact) mass is 209 g/mol. The van der Waals surface area contributed by atoms with Gasteiger partial charge in [0, 0.05) is 6.42 Å². The Kier molecular flexibility index (Phi) is 5.18. The van der Waals surface area contributed by atoms with Gasteiger partial charge >= 0.3 is 20.0 Å². The van der Waals surface area contributed by atoms with Gasteiger partial charge in [0.05, 0.1) is 0 Å². The summed E-state index contributed by atoms with van der Waals surface area (Å²) in [7, 11) is -2.53. The van der Waals surface area contributed by atoms with E-state index in [-0.39, 0.29) is 12.8 Å². The zero-order valence-electron chi connectivity index (χ0n) is 6.71. The molecule has 0 aliphatic rings. The lowest BCUT2D eigenvalue weighted by molar-refractivity contribution is -0.142. The predicted molar refractivity (Wildman–Crippen MR) is 42.7 cm³/mol. The molecule has 0 aliphatic heterocycles. The third kappa shape index (κ3) is 6.19. The standard InChI is InChI=1S/C6H9O6P/c7-5(8)2-1-4(6(9)10)3-13(11)12/h4H,1-3H2,(H2-,7,8,9,10,11,12)/p+1. The molecule has 2 atom stereocenters. The van der Waals surface area contributed by atoms with Crippen molar-refractivity contribution in [1.82, 2.24) is 0 Å². The van der Waals surface area contributed by atoms with Crippen molar-refractivity contribution in [3.8, 4) is 0 Å². The Balaban J connectivity index is 4.02. The highest BCUT2D eigenvalue weighted by molar-refractivity contribution is 7.38. The highest BCUT2D eigenvalue weighted by atomic mass is 31.1. The average Bonchev–Trinajstić information content (AvgIpc) is 1.96. The van der Waals surface area contributed by atoms with Gasteiger partial charge in [0.1, 0.15) is 5.92 Å². The van der Waals surface area contributed by atoms with Crippen molar-refractivity contribution >= 4 is 20.0 Å². The summed E-state index contributed by atoms with van der Waals surface area (Å²) in [5.41, 5.74) is 0. The van der Waals surface area contributed by atoms with Crippen LogP contribution in [0.3, 0.4) is 0 Å². The maximum absolute atomic E-state index is 10.4. The fourth-order valence-electron chi connectivity index (χ4n) is 0.779. The van der Waals surface area contributed by atoms with Crippen LogP contribution in [0.25, 0.3) is 0 Å². The number of rotatable bonds is 6. The molecule has 3 N–H and O–H groups in total. The first-order valence-electron chi connectivity index (χ1n) is 3.51. The molecule has 74 valence electrons. The molecule has 0 aromatic rings. The smallest absolute Gasteiger partial charge is 0.481 e. The second-order valence-electron chi connectivity index (χ2n) is 2.50. The van der Waals surface area contributed by atoms with Crippen LogP contribution >= 0.6 is 8.03 Å². The summed E-state index contributed by atoms with van der Waals surface area (Å²) in [6, 6.07) is 0. The molecule has 0 heterocycles. The molecule has 0 saturated carbocycles. The minimum absolute atomic E-state index is 0.119. The number of hydrogen-bond donors (Lipinski definition) is 3. The molecule has 6 nitrogen and oxygen atoms in total. The van der Waals surface area contributed by atoms with Crippen molar-refractivity contribution in [3.05, 3.63) is 0 Å². The van der Waals surface area contributed by atoms with Crippen LogP contribution in [-0.2, 0) is 14.2 Å². The number of carboxylic acids is 2. The molecule has 0 saturated heterocycles. The first-order valence-corrected chi connectivity index (χ1v) is 4.91. The van der Waals surface area contributed by atoms with E-state index in [2.05, 4.69) is 0 Å². The van der Waals surface area contributed by atoms with Gasteiger partial charge in [-0.25, -0.2) is 0 Å². The molecule has 13 heavy (non-hydrogen) atoms. The third-order valence-electron chi connectivity index (χ3n) is 1.43. The van der Waals surface area contributed by atoms with E-state index in [1.54, 1.807) is 0 Å². The van der Waals surface area contributed by atoms with Crippen LogP contribution in [0.4, 0.5) is 0 Å². The molecule has 0 spiro atoms.